The summed E-state index contributed by atoms with van der Waals surface area (Å²) in [6.07, 6.45) is 1.20. The van der Waals surface area contributed by atoms with Crippen molar-refractivity contribution in [3.63, 3.8) is 0 Å². The van der Waals surface area contributed by atoms with Crippen molar-refractivity contribution < 1.29 is 29.0 Å². The molecule has 186 valence electrons. The Kier molecular flexibility index (Phi) is 7.40. The number of carboxylic acid groups (broad SMARTS) is 1. The van der Waals surface area contributed by atoms with E-state index in [0.717, 1.165) is 22.3 Å². The van der Waals surface area contributed by atoms with Crippen LogP contribution < -0.4 is 5.32 Å². The quantitative estimate of drug-likeness (QED) is 0.566. The fourth-order valence-corrected chi connectivity index (χ4v) is 5.39. The summed E-state index contributed by atoms with van der Waals surface area (Å²) < 4.78 is 10.8. The van der Waals surface area contributed by atoms with Gasteiger partial charge in [0.05, 0.1) is 6.61 Å². The number of carbonyl (C=O) groups is 3. The zero-order valence-corrected chi connectivity index (χ0v) is 20.2. The van der Waals surface area contributed by atoms with Gasteiger partial charge in [-0.3, -0.25) is 4.79 Å². The fraction of sp³-hybridized carbons (Fsp3) is 0.444. The predicted octanol–water partition coefficient (Wildman–Crippen LogP) is 3.79. The Balaban J connectivity index is 1.45. The van der Waals surface area contributed by atoms with Gasteiger partial charge in [-0.25, -0.2) is 9.59 Å². The molecule has 2 aliphatic rings. The second-order valence-electron chi connectivity index (χ2n) is 9.17. The number of fused-ring (bicyclic) bond motifs is 3. The molecule has 8 heteroatoms. The van der Waals surface area contributed by atoms with Gasteiger partial charge in [-0.15, -0.1) is 0 Å². The molecular formula is C27H32N2O6. The van der Waals surface area contributed by atoms with Crippen molar-refractivity contribution in [2.75, 3.05) is 26.9 Å². The van der Waals surface area contributed by atoms with Crippen LogP contribution in [-0.2, 0) is 19.1 Å². The molecule has 2 aromatic carbocycles. The molecule has 2 aromatic rings. The number of nitrogens with zero attached hydrogens (tertiary/aromatic N) is 1. The number of nitrogens with one attached hydrogen (secondary N) is 1. The molecule has 0 bridgehead atoms. The zero-order valence-electron chi connectivity index (χ0n) is 20.2. The molecule has 0 saturated carbocycles. The summed E-state index contributed by atoms with van der Waals surface area (Å²) in [7, 11) is 1.42. The Morgan fingerprint density at radius 3 is 2.31 bits per heavy atom. The molecule has 1 aliphatic heterocycles. The SMILES string of the molecule is CCC[C@@H](NC(=O)OCC1c2ccccc2-c2ccccc21)C(=O)N1CCCC1(COC)C(=O)O. The lowest BCUT2D eigenvalue weighted by atomic mass is 9.96. The Labute approximate surface area is 205 Å². The van der Waals surface area contributed by atoms with Gasteiger partial charge in [0.2, 0.25) is 5.91 Å². The number of aliphatic carboxylic acids is 1. The first-order valence-electron chi connectivity index (χ1n) is 12.1. The third-order valence-electron chi connectivity index (χ3n) is 7.05. The topological polar surface area (TPSA) is 105 Å². The van der Waals surface area contributed by atoms with E-state index in [1.54, 1.807) is 0 Å². The van der Waals surface area contributed by atoms with Crippen molar-refractivity contribution in [2.24, 2.45) is 0 Å². The van der Waals surface area contributed by atoms with Crippen LogP contribution >= 0.6 is 0 Å². The van der Waals surface area contributed by atoms with Gasteiger partial charge in [0, 0.05) is 19.6 Å². The lowest BCUT2D eigenvalue weighted by Gasteiger charge is -2.36. The van der Waals surface area contributed by atoms with E-state index in [-0.39, 0.29) is 19.1 Å². The largest absolute Gasteiger partial charge is 0.479 e. The average Bonchev–Trinajstić information content (AvgIpc) is 3.42. The van der Waals surface area contributed by atoms with E-state index in [1.807, 2.05) is 43.3 Å². The highest BCUT2D eigenvalue weighted by Crippen LogP contribution is 2.44. The second-order valence-corrected chi connectivity index (χ2v) is 9.17. The molecular weight excluding hydrogens is 448 g/mol. The zero-order chi connectivity index (χ0) is 25.0. The van der Waals surface area contributed by atoms with Gasteiger partial charge in [0.1, 0.15) is 12.6 Å². The number of hydrogen-bond donors (Lipinski definition) is 2. The van der Waals surface area contributed by atoms with E-state index < -0.39 is 29.6 Å². The first-order chi connectivity index (χ1) is 16.9. The van der Waals surface area contributed by atoms with Crippen LogP contribution in [0.5, 0.6) is 0 Å². The number of hydrogen-bond acceptors (Lipinski definition) is 5. The number of carbonyl (C=O) groups excluding carboxylic acids is 2. The summed E-state index contributed by atoms with van der Waals surface area (Å²) >= 11 is 0. The van der Waals surface area contributed by atoms with Crippen molar-refractivity contribution in [3.05, 3.63) is 59.7 Å². The van der Waals surface area contributed by atoms with Crippen LogP contribution in [0.15, 0.2) is 48.5 Å². The normalized spacial score (nSPS) is 19.7. The van der Waals surface area contributed by atoms with Crippen LogP contribution in [0.25, 0.3) is 11.1 Å². The third kappa shape index (κ3) is 4.62. The van der Waals surface area contributed by atoms with E-state index in [0.29, 0.717) is 32.2 Å². The molecule has 1 unspecified atom stereocenters. The maximum atomic E-state index is 13.4. The van der Waals surface area contributed by atoms with Crippen LogP contribution in [0.3, 0.4) is 0 Å². The Bertz CT molecular complexity index is 1060. The minimum absolute atomic E-state index is 0.0894. The van der Waals surface area contributed by atoms with Gasteiger partial charge in [-0.2, -0.15) is 0 Å². The molecule has 2 atom stereocenters. The summed E-state index contributed by atoms with van der Waals surface area (Å²) in [6, 6.07) is 15.3. The number of rotatable bonds is 9. The van der Waals surface area contributed by atoms with Crippen molar-refractivity contribution in [3.8, 4) is 11.1 Å². The van der Waals surface area contributed by atoms with Gasteiger partial charge in [0.25, 0.3) is 0 Å². The number of alkyl carbamates (subject to hydrolysis) is 1. The molecule has 1 heterocycles. The average molecular weight is 481 g/mol. The first kappa shape index (κ1) is 24.7. The first-order valence-corrected chi connectivity index (χ1v) is 12.1. The molecule has 4 rings (SSSR count). The summed E-state index contributed by atoms with van der Waals surface area (Å²) in [5, 5.41) is 12.6. The Hall–Kier alpha value is -3.39. The number of methoxy groups -OCH3 is 1. The van der Waals surface area contributed by atoms with E-state index >= 15 is 0 Å². The minimum Gasteiger partial charge on any atom is -0.479 e. The van der Waals surface area contributed by atoms with Gasteiger partial charge < -0.3 is 24.8 Å². The molecule has 2 N–H and O–H groups in total. The van der Waals surface area contributed by atoms with E-state index in [2.05, 4.69) is 17.4 Å². The van der Waals surface area contributed by atoms with Crippen LogP contribution in [0, 0.1) is 0 Å². The number of carboxylic acids is 1. The molecule has 2 amide bonds. The molecule has 0 radical (unpaired) electrons. The highest BCUT2D eigenvalue weighted by molar-refractivity contribution is 5.92. The third-order valence-corrected chi connectivity index (χ3v) is 7.05. The van der Waals surface area contributed by atoms with Gasteiger partial charge in [-0.05, 0) is 41.5 Å². The fourth-order valence-electron chi connectivity index (χ4n) is 5.39. The van der Waals surface area contributed by atoms with Crippen molar-refractivity contribution in [2.45, 2.75) is 50.1 Å². The molecule has 0 aromatic heterocycles. The predicted molar refractivity (Wildman–Crippen MR) is 130 cm³/mol. The summed E-state index contributed by atoms with van der Waals surface area (Å²) in [5.41, 5.74) is 3.05. The molecule has 1 fully saturated rings. The number of amides is 2. The number of ether oxygens (including phenoxy) is 2. The molecule has 1 aliphatic carbocycles. The molecule has 35 heavy (non-hydrogen) atoms. The highest BCUT2D eigenvalue weighted by atomic mass is 16.5. The van der Waals surface area contributed by atoms with Crippen molar-refractivity contribution in [1.29, 1.82) is 0 Å². The van der Waals surface area contributed by atoms with Crippen molar-refractivity contribution >= 4 is 18.0 Å². The van der Waals surface area contributed by atoms with E-state index in [4.69, 9.17) is 9.47 Å². The highest BCUT2D eigenvalue weighted by Gasteiger charge is 2.51. The monoisotopic (exact) mass is 480 g/mol. The van der Waals surface area contributed by atoms with E-state index in [9.17, 15) is 19.5 Å². The Morgan fingerprint density at radius 2 is 1.74 bits per heavy atom. The lowest BCUT2D eigenvalue weighted by molar-refractivity contribution is -0.161. The number of benzene rings is 2. The standard InChI is InChI=1S/C27H32N2O6/c1-3-9-23(24(30)29-15-8-14-27(29,17-34-2)25(31)32)28-26(33)35-16-22-20-12-6-4-10-18(20)19-11-5-7-13-21(19)22/h4-7,10-13,22-23H,3,8-9,14-17H2,1-2H3,(H,28,33)(H,31,32)/t23-,27?/m1/s1. The van der Waals surface area contributed by atoms with Gasteiger partial charge in [-0.1, -0.05) is 61.9 Å². The van der Waals surface area contributed by atoms with E-state index in [1.165, 1.54) is 12.0 Å². The summed E-state index contributed by atoms with van der Waals surface area (Å²) in [4.78, 5) is 39.6. The smallest absolute Gasteiger partial charge is 0.407 e. The summed E-state index contributed by atoms with van der Waals surface area (Å²) in [6.45, 7) is 2.25. The molecule has 1 saturated heterocycles. The van der Waals surface area contributed by atoms with Gasteiger partial charge in [0.15, 0.2) is 5.54 Å². The van der Waals surface area contributed by atoms with Crippen LogP contribution in [-0.4, -0.2) is 66.4 Å². The van der Waals surface area contributed by atoms with Crippen LogP contribution in [0.2, 0.25) is 0 Å². The maximum absolute atomic E-state index is 13.4. The van der Waals surface area contributed by atoms with Crippen LogP contribution in [0.1, 0.15) is 49.7 Å². The Morgan fingerprint density at radius 1 is 1.11 bits per heavy atom. The van der Waals surface area contributed by atoms with Crippen molar-refractivity contribution in [1.82, 2.24) is 10.2 Å². The molecule has 0 spiro atoms. The lowest BCUT2D eigenvalue weighted by Crippen LogP contribution is -2.60. The number of likely N-dealkylation sites (tertiary alicyclic amines) is 1. The minimum atomic E-state index is -1.42. The van der Waals surface area contributed by atoms with Crippen LogP contribution in [0.4, 0.5) is 4.79 Å². The molecule has 8 nitrogen and oxygen atoms in total. The second kappa shape index (κ2) is 10.5. The summed E-state index contributed by atoms with van der Waals surface area (Å²) in [5.74, 6) is -1.60. The maximum Gasteiger partial charge on any atom is 0.407 e. The van der Waals surface area contributed by atoms with Gasteiger partial charge >= 0.3 is 12.1 Å².